The summed E-state index contributed by atoms with van der Waals surface area (Å²) in [7, 11) is 0.687. The molecule has 0 aromatic heterocycles. The number of rotatable bonds is 3. The van der Waals surface area contributed by atoms with E-state index < -0.39 is 0 Å². The highest BCUT2D eigenvalue weighted by Crippen LogP contribution is 1.96. The third-order valence-corrected chi connectivity index (χ3v) is 2.81. The molecule has 0 aliphatic carbocycles. The van der Waals surface area contributed by atoms with Crippen LogP contribution in [0.25, 0.3) is 6.08 Å². The zero-order valence-corrected chi connectivity index (χ0v) is 7.93. The maximum atomic E-state index is 5.64. The summed E-state index contributed by atoms with van der Waals surface area (Å²) in [6, 6.07) is 8.20. The molecule has 2 heteroatoms. The van der Waals surface area contributed by atoms with Gasteiger partial charge in [0.2, 0.25) is 0 Å². The number of alkyl halides is 1. The second-order valence-corrected chi connectivity index (χ2v) is 4.06. The quantitative estimate of drug-likeness (QED) is 0.492. The average molecular weight is 181 g/mol. The summed E-state index contributed by atoms with van der Waals surface area (Å²) < 4.78 is 0. The largest absolute Gasteiger partial charge is 0.130 e. The minimum absolute atomic E-state index is 0.687. The molecule has 0 nitrogen and oxygen atoms in total. The van der Waals surface area contributed by atoms with Crippen LogP contribution in [0.15, 0.2) is 30.8 Å². The van der Waals surface area contributed by atoms with Crippen LogP contribution >= 0.6 is 11.6 Å². The normalized spacial score (nSPS) is 9.55. The molecule has 0 unspecified atom stereocenters. The van der Waals surface area contributed by atoms with Crippen LogP contribution in [-0.2, 0) is 0 Å². The summed E-state index contributed by atoms with van der Waals surface area (Å²) in [6.07, 6.45) is 1.87. The lowest BCUT2D eigenvalue weighted by atomic mass is 10.2. The van der Waals surface area contributed by atoms with Gasteiger partial charge >= 0.3 is 0 Å². The highest BCUT2D eigenvalue weighted by Gasteiger charge is 1.96. The van der Waals surface area contributed by atoms with Crippen LogP contribution in [0.1, 0.15) is 5.56 Å². The molecule has 11 heavy (non-hydrogen) atoms. The molecular formula is C9H9ClSi. The lowest BCUT2D eigenvalue weighted by Crippen LogP contribution is -2.18. The molecule has 0 aliphatic heterocycles. The van der Waals surface area contributed by atoms with Gasteiger partial charge in [-0.15, -0.1) is 11.6 Å². The fourth-order valence-electron chi connectivity index (χ4n) is 0.908. The first-order valence-electron chi connectivity index (χ1n) is 3.40. The molecule has 0 atom stereocenters. The van der Waals surface area contributed by atoms with Crippen LogP contribution in [0.2, 0.25) is 0 Å². The van der Waals surface area contributed by atoms with Gasteiger partial charge in [0, 0.05) is 5.50 Å². The van der Waals surface area contributed by atoms with Gasteiger partial charge < -0.3 is 0 Å². The molecular weight excluding hydrogens is 172 g/mol. The molecule has 0 amide bonds. The Morgan fingerprint density at radius 1 is 1.45 bits per heavy atom. The highest BCUT2D eigenvalue weighted by atomic mass is 35.5. The molecule has 1 aromatic carbocycles. The summed E-state index contributed by atoms with van der Waals surface area (Å²) in [6.45, 7) is 3.74. The first-order valence-corrected chi connectivity index (χ1v) is 5.14. The SMILES string of the molecule is C=Cc1ccccc1[Si]CCl. The monoisotopic (exact) mass is 180 g/mol. The van der Waals surface area contributed by atoms with Crippen molar-refractivity contribution in [3.8, 4) is 0 Å². The van der Waals surface area contributed by atoms with Crippen molar-refractivity contribution in [3.05, 3.63) is 36.4 Å². The molecule has 1 rings (SSSR count). The van der Waals surface area contributed by atoms with E-state index in [4.69, 9.17) is 11.6 Å². The molecule has 2 radical (unpaired) electrons. The smallest absolute Gasteiger partial charge is 0.0996 e. The minimum atomic E-state index is 0.687. The van der Waals surface area contributed by atoms with Gasteiger partial charge in [0.1, 0.15) is 0 Å². The maximum absolute atomic E-state index is 5.64. The van der Waals surface area contributed by atoms with Crippen molar-refractivity contribution in [3.63, 3.8) is 0 Å². The summed E-state index contributed by atoms with van der Waals surface area (Å²) in [5, 5.41) is 1.30. The van der Waals surface area contributed by atoms with Gasteiger partial charge in [0.15, 0.2) is 0 Å². The lowest BCUT2D eigenvalue weighted by molar-refractivity contribution is 1.71. The first-order chi connectivity index (χ1) is 5.38. The van der Waals surface area contributed by atoms with Gasteiger partial charge in [-0.05, 0) is 5.56 Å². The Morgan fingerprint density at radius 2 is 2.18 bits per heavy atom. The molecule has 0 spiro atoms. The van der Waals surface area contributed by atoms with Crippen LogP contribution in [-0.4, -0.2) is 15.0 Å². The molecule has 0 bridgehead atoms. The van der Waals surface area contributed by atoms with Crippen molar-refractivity contribution in [1.82, 2.24) is 0 Å². The van der Waals surface area contributed by atoms with E-state index in [-0.39, 0.29) is 0 Å². The standard InChI is InChI=1S/C9H9ClSi/c1-2-8-5-3-4-6-9(8)11-7-10/h2-6H,1,7H2. The van der Waals surface area contributed by atoms with E-state index in [1.807, 2.05) is 18.2 Å². The summed E-state index contributed by atoms with van der Waals surface area (Å²) in [4.78, 5) is 0. The number of halogens is 1. The van der Waals surface area contributed by atoms with Gasteiger partial charge in [-0.25, -0.2) is 0 Å². The predicted molar refractivity (Wildman–Crippen MR) is 52.6 cm³/mol. The molecule has 1 aromatic rings. The van der Waals surface area contributed by atoms with E-state index in [2.05, 4.69) is 18.7 Å². The molecule has 0 heterocycles. The van der Waals surface area contributed by atoms with Crippen molar-refractivity contribution in [1.29, 1.82) is 0 Å². The van der Waals surface area contributed by atoms with Crippen molar-refractivity contribution in [2.24, 2.45) is 0 Å². The number of hydrogen-bond donors (Lipinski definition) is 0. The van der Waals surface area contributed by atoms with E-state index >= 15 is 0 Å². The third-order valence-electron chi connectivity index (χ3n) is 1.44. The molecule has 0 aliphatic rings. The van der Waals surface area contributed by atoms with Crippen molar-refractivity contribution in [2.45, 2.75) is 0 Å². The second-order valence-electron chi connectivity index (χ2n) is 2.10. The fourth-order valence-corrected chi connectivity index (χ4v) is 2.09. The van der Waals surface area contributed by atoms with E-state index in [1.165, 1.54) is 10.8 Å². The van der Waals surface area contributed by atoms with Crippen LogP contribution in [0.5, 0.6) is 0 Å². The second kappa shape index (κ2) is 4.37. The van der Waals surface area contributed by atoms with Gasteiger partial charge in [-0.3, -0.25) is 0 Å². The average Bonchev–Trinajstić information content (AvgIpc) is 2.06. The maximum Gasteiger partial charge on any atom is 0.0996 e. The third kappa shape index (κ3) is 2.21. The topological polar surface area (TPSA) is 0 Å². The van der Waals surface area contributed by atoms with Gasteiger partial charge in [-0.1, -0.05) is 42.1 Å². The number of benzene rings is 1. The van der Waals surface area contributed by atoms with Crippen LogP contribution in [0.4, 0.5) is 0 Å². The zero-order chi connectivity index (χ0) is 8.10. The van der Waals surface area contributed by atoms with Gasteiger partial charge in [-0.2, -0.15) is 0 Å². The van der Waals surface area contributed by atoms with E-state index in [0.717, 1.165) is 0 Å². The van der Waals surface area contributed by atoms with Crippen molar-refractivity contribution < 1.29 is 0 Å². The van der Waals surface area contributed by atoms with Crippen molar-refractivity contribution in [2.75, 3.05) is 5.50 Å². The van der Waals surface area contributed by atoms with E-state index in [9.17, 15) is 0 Å². The first kappa shape index (κ1) is 8.56. The Balaban J connectivity index is 2.92. The van der Waals surface area contributed by atoms with Gasteiger partial charge in [0.25, 0.3) is 0 Å². The lowest BCUT2D eigenvalue weighted by Gasteiger charge is -2.00. The highest BCUT2D eigenvalue weighted by molar-refractivity contribution is 6.62. The Labute approximate surface area is 74.7 Å². The van der Waals surface area contributed by atoms with Gasteiger partial charge in [0.05, 0.1) is 9.52 Å². The molecule has 0 N–H and O–H groups in total. The fraction of sp³-hybridized carbons (Fsp3) is 0.111. The Morgan fingerprint density at radius 3 is 2.82 bits per heavy atom. The van der Waals surface area contributed by atoms with Crippen molar-refractivity contribution >= 4 is 32.4 Å². The number of hydrogen-bond acceptors (Lipinski definition) is 0. The van der Waals surface area contributed by atoms with Crippen LogP contribution < -0.4 is 5.19 Å². The zero-order valence-electron chi connectivity index (χ0n) is 6.18. The summed E-state index contributed by atoms with van der Waals surface area (Å²) in [5.74, 6) is 0. The summed E-state index contributed by atoms with van der Waals surface area (Å²) >= 11 is 5.64. The van der Waals surface area contributed by atoms with E-state index in [1.54, 1.807) is 0 Å². The Kier molecular flexibility index (Phi) is 3.40. The Bertz CT molecular complexity index is 245. The van der Waals surface area contributed by atoms with Crippen LogP contribution in [0, 0.1) is 0 Å². The van der Waals surface area contributed by atoms with E-state index in [0.29, 0.717) is 15.0 Å². The van der Waals surface area contributed by atoms with Crippen LogP contribution in [0.3, 0.4) is 0 Å². The predicted octanol–water partition coefficient (Wildman–Crippen LogP) is 1.86. The molecule has 0 fully saturated rings. The minimum Gasteiger partial charge on any atom is -0.130 e. The molecule has 56 valence electrons. The molecule has 0 saturated carbocycles. The Hall–Kier alpha value is -0.533. The summed E-state index contributed by atoms with van der Waals surface area (Å²) in [5.41, 5.74) is 1.90. The molecule has 0 saturated heterocycles.